The maximum atomic E-state index is 13.9. The second-order valence-corrected chi connectivity index (χ2v) is 8.17. The third kappa shape index (κ3) is 4.37. The molecule has 0 saturated carbocycles. The molecule has 1 unspecified atom stereocenters. The Kier molecular flexibility index (Phi) is 7.17. The summed E-state index contributed by atoms with van der Waals surface area (Å²) in [4.78, 5) is 28.4. The lowest BCUT2D eigenvalue weighted by Gasteiger charge is -2.25. The molecule has 34 heavy (non-hydrogen) atoms. The van der Waals surface area contributed by atoms with E-state index < -0.39 is 17.3 Å². The van der Waals surface area contributed by atoms with Gasteiger partial charge >= 0.3 is 0 Å². The fraction of sp³-hybridized carbons (Fsp3) is 0.385. The lowest BCUT2D eigenvalue weighted by atomic mass is 9.98. The normalized spacial score (nSPS) is 15.1. The Labute approximate surface area is 197 Å². The quantitative estimate of drug-likeness (QED) is 0.401. The molecule has 0 saturated heterocycles. The molecule has 0 N–H and O–H groups in total. The van der Waals surface area contributed by atoms with Crippen LogP contribution in [0, 0.1) is 5.82 Å². The van der Waals surface area contributed by atoms with Gasteiger partial charge in [0, 0.05) is 20.3 Å². The number of carbonyl (C=O) groups excluding carboxylic acids is 1. The highest BCUT2D eigenvalue weighted by molar-refractivity contribution is 5.99. The highest BCUT2D eigenvalue weighted by Crippen LogP contribution is 2.41. The summed E-state index contributed by atoms with van der Waals surface area (Å²) in [5.74, 6) is 0.133. The van der Waals surface area contributed by atoms with Gasteiger partial charge in [0.1, 0.15) is 11.4 Å². The zero-order chi connectivity index (χ0) is 24.2. The van der Waals surface area contributed by atoms with Gasteiger partial charge in [-0.3, -0.25) is 9.59 Å². The second kappa shape index (κ2) is 10.3. The molecule has 0 radical (unpaired) electrons. The average molecular weight is 470 g/mol. The van der Waals surface area contributed by atoms with Gasteiger partial charge in [0.25, 0.3) is 5.91 Å². The van der Waals surface area contributed by atoms with Gasteiger partial charge in [-0.05, 0) is 48.7 Å². The number of fused-ring (bicyclic) bond motifs is 2. The first-order valence-electron chi connectivity index (χ1n) is 11.4. The summed E-state index contributed by atoms with van der Waals surface area (Å²) in [5, 5.41) is 0.0989. The molecule has 0 bridgehead atoms. The summed E-state index contributed by atoms with van der Waals surface area (Å²) >= 11 is 0. The van der Waals surface area contributed by atoms with E-state index in [0.29, 0.717) is 43.2 Å². The minimum absolute atomic E-state index is 0.0197. The van der Waals surface area contributed by atoms with Crippen molar-refractivity contribution >= 4 is 16.9 Å². The molecule has 1 aliphatic rings. The molecule has 1 atom stereocenters. The Hall–Kier alpha value is -3.39. The van der Waals surface area contributed by atoms with Crippen LogP contribution in [0.25, 0.3) is 11.0 Å². The van der Waals surface area contributed by atoms with Crippen molar-refractivity contribution in [2.45, 2.75) is 32.2 Å². The molecule has 2 heterocycles. The number of amides is 1. The summed E-state index contributed by atoms with van der Waals surface area (Å²) in [5.41, 5.74) is 0.619. The van der Waals surface area contributed by atoms with Crippen molar-refractivity contribution in [2.24, 2.45) is 0 Å². The van der Waals surface area contributed by atoms with Crippen LogP contribution in [0.4, 0.5) is 4.39 Å². The molecular formula is C26H28FNO6. The first-order valence-corrected chi connectivity index (χ1v) is 11.4. The Balaban J connectivity index is 1.84. The molecule has 2 aromatic carbocycles. The molecule has 180 valence electrons. The van der Waals surface area contributed by atoms with Crippen molar-refractivity contribution in [3.05, 3.63) is 69.3 Å². The molecule has 8 heteroatoms. The van der Waals surface area contributed by atoms with E-state index in [1.807, 2.05) is 6.07 Å². The van der Waals surface area contributed by atoms with Gasteiger partial charge in [-0.1, -0.05) is 19.4 Å². The van der Waals surface area contributed by atoms with Crippen molar-refractivity contribution in [1.29, 1.82) is 0 Å². The van der Waals surface area contributed by atoms with Crippen LogP contribution in [0.2, 0.25) is 0 Å². The summed E-state index contributed by atoms with van der Waals surface area (Å²) in [6.45, 7) is 3.44. The van der Waals surface area contributed by atoms with Crippen LogP contribution in [0.3, 0.4) is 0 Å². The standard InChI is InChI=1S/C26H28FNO6/c1-4-5-13-33-20-9-7-16(14-21(20)32-3)23-22-24(29)18-15-17(27)8-10-19(18)34-25(22)26(30)28(23)11-6-12-31-2/h7-10,14-15,23H,4-6,11-13H2,1-3H3. The number of hydrogen-bond donors (Lipinski definition) is 0. The molecule has 0 fully saturated rings. The Bertz CT molecular complexity index is 1250. The van der Waals surface area contributed by atoms with E-state index in [9.17, 15) is 14.0 Å². The lowest BCUT2D eigenvalue weighted by molar-refractivity contribution is 0.0707. The van der Waals surface area contributed by atoms with Gasteiger partial charge in [-0.15, -0.1) is 0 Å². The summed E-state index contributed by atoms with van der Waals surface area (Å²) in [6, 6.07) is 8.37. The predicted octanol–water partition coefficient (Wildman–Crippen LogP) is 4.70. The molecule has 0 spiro atoms. The van der Waals surface area contributed by atoms with Crippen molar-refractivity contribution in [3.8, 4) is 11.5 Å². The van der Waals surface area contributed by atoms with Gasteiger partial charge in [-0.25, -0.2) is 4.39 Å². The van der Waals surface area contributed by atoms with E-state index >= 15 is 0 Å². The van der Waals surface area contributed by atoms with Crippen molar-refractivity contribution in [2.75, 3.05) is 34.0 Å². The van der Waals surface area contributed by atoms with E-state index in [1.54, 1.807) is 31.3 Å². The number of nitrogens with zero attached hydrogens (tertiary/aromatic N) is 1. The number of rotatable bonds is 10. The van der Waals surface area contributed by atoms with Crippen LogP contribution in [0.5, 0.6) is 11.5 Å². The third-order valence-corrected chi connectivity index (χ3v) is 5.93. The van der Waals surface area contributed by atoms with E-state index in [2.05, 4.69) is 6.92 Å². The van der Waals surface area contributed by atoms with Crippen LogP contribution < -0.4 is 14.9 Å². The molecule has 0 aliphatic carbocycles. The van der Waals surface area contributed by atoms with Crippen LogP contribution in [0.15, 0.2) is 45.6 Å². The lowest BCUT2D eigenvalue weighted by Crippen LogP contribution is -2.31. The minimum atomic E-state index is -0.707. The van der Waals surface area contributed by atoms with E-state index in [-0.39, 0.29) is 28.2 Å². The number of halogens is 1. The first kappa shape index (κ1) is 23.8. The largest absolute Gasteiger partial charge is 0.493 e. The van der Waals surface area contributed by atoms with Crippen LogP contribution in [0.1, 0.15) is 53.9 Å². The summed E-state index contributed by atoms with van der Waals surface area (Å²) < 4.78 is 36.3. The number of methoxy groups -OCH3 is 2. The zero-order valence-corrected chi connectivity index (χ0v) is 19.6. The highest BCUT2D eigenvalue weighted by Gasteiger charge is 2.42. The topological polar surface area (TPSA) is 78.2 Å². The predicted molar refractivity (Wildman–Crippen MR) is 125 cm³/mol. The van der Waals surface area contributed by atoms with Crippen LogP contribution in [-0.2, 0) is 4.74 Å². The SMILES string of the molecule is CCCCOc1ccc(C2c3c(oc4ccc(F)cc4c3=O)C(=O)N2CCCOC)cc1OC. The summed E-state index contributed by atoms with van der Waals surface area (Å²) in [7, 11) is 3.13. The Morgan fingerprint density at radius 2 is 1.85 bits per heavy atom. The average Bonchev–Trinajstić information content (AvgIpc) is 3.12. The first-order chi connectivity index (χ1) is 16.5. The Morgan fingerprint density at radius 3 is 2.59 bits per heavy atom. The van der Waals surface area contributed by atoms with Gasteiger partial charge in [0.05, 0.1) is 30.7 Å². The van der Waals surface area contributed by atoms with E-state index in [1.165, 1.54) is 12.1 Å². The number of hydrogen-bond acceptors (Lipinski definition) is 6. The van der Waals surface area contributed by atoms with Crippen molar-refractivity contribution in [1.82, 2.24) is 4.90 Å². The molecule has 4 rings (SSSR count). The number of ether oxygens (including phenoxy) is 3. The van der Waals surface area contributed by atoms with E-state index in [4.69, 9.17) is 18.6 Å². The van der Waals surface area contributed by atoms with Crippen molar-refractivity contribution in [3.63, 3.8) is 0 Å². The zero-order valence-electron chi connectivity index (χ0n) is 19.6. The van der Waals surface area contributed by atoms with Gasteiger partial charge < -0.3 is 23.5 Å². The van der Waals surface area contributed by atoms with Crippen LogP contribution >= 0.6 is 0 Å². The number of unbranched alkanes of at least 4 members (excludes halogenated alkanes) is 1. The molecular weight excluding hydrogens is 441 g/mol. The Morgan fingerprint density at radius 1 is 1.03 bits per heavy atom. The maximum Gasteiger partial charge on any atom is 0.290 e. The maximum absolute atomic E-state index is 13.9. The van der Waals surface area contributed by atoms with Gasteiger partial charge in [0.15, 0.2) is 16.9 Å². The smallest absolute Gasteiger partial charge is 0.290 e. The fourth-order valence-electron chi connectivity index (χ4n) is 4.25. The molecule has 1 amide bonds. The number of benzene rings is 2. The minimum Gasteiger partial charge on any atom is -0.493 e. The van der Waals surface area contributed by atoms with E-state index in [0.717, 1.165) is 18.9 Å². The molecule has 1 aromatic heterocycles. The molecule has 1 aliphatic heterocycles. The fourth-order valence-corrected chi connectivity index (χ4v) is 4.25. The second-order valence-electron chi connectivity index (χ2n) is 8.17. The number of carbonyl (C=O) groups is 1. The van der Waals surface area contributed by atoms with Gasteiger partial charge in [-0.2, -0.15) is 0 Å². The summed E-state index contributed by atoms with van der Waals surface area (Å²) in [6.07, 6.45) is 2.49. The van der Waals surface area contributed by atoms with Gasteiger partial charge in [0.2, 0.25) is 5.76 Å². The molecule has 3 aromatic rings. The van der Waals surface area contributed by atoms with Crippen LogP contribution in [-0.4, -0.2) is 44.8 Å². The monoisotopic (exact) mass is 469 g/mol. The highest BCUT2D eigenvalue weighted by atomic mass is 19.1. The molecule has 7 nitrogen and oxygen atoms in total. The van der Waals surface area contributed by atoms with Crippen molar-refractivity contribution < 1.29 is 27.8 Å². The third-order valence-electron chi connectivity index (χ3n) is 5.93.